The van der Waals surface area contributed by atoms with Gasteiger partial charge in [0.25, 0.3) is 0 Å². The highest BCUT2D eigenvalue weighted by molar-refractivity contribution is 5.86. The minimum Gasteiger partial charge on any atom is -0.370 e. The molecule has 17 heavy (non-hydrogen) atoms. The Morgan fingerprint density at radius 2 is 2.29 bits per heavy atom. The molecule has 0 aliphatic rings. The summed E-state index contributed by atoms with van der Waals surface area (Å²) in [4.78, 5) is 13.3. The van der Waals surface area contributed by atoms with Crippen LogP contribution in [-0.2, 0) is 4.79 Å². The van der Waals surface area contributed by atoms with Crippen LogP contribution in [0.5, 0.6) is 0 Å². The lowest BCUT2D eigenvalue weighted by Crippen LogP contribution is -2.34. The van der Waals surface area contributed by atoms with E-state index in [-0.39, 0.29) is 5.91 Å². The van der Waals surface area contributed by atoms with Crippen molar-refractivity contribution in [3.05, 3.63) is 42.5 Å². The second kappa shape index (κ2) is 6.74. The Morgan fingerprint density at radius 3 is 2.88 bits per heavy atom. The minimum atomic E-state index is -0.120. The van der Waals surface area contributed by atoms with Crippen LogP contribution in [0.25, 0.3) is 0 Å². The Morgan fingerprint density at radius 1 is 1.53 bits per heavy atom. The fourth-order valence-electron chi connectivity index (χ4n) is 1.68. The summed E-state index contributed by atoms with van der Waals surface area (Å²) in [5.41, 5.74) is 2.44. The van der Waals surface area contributed by atoms with Crippen LogP contribution in [-0.4, -0.2) is 25.5 Å². The van der Waals surface area contributed by atoms with Gasteiger partial charge in [0.05, 0.1) is 0 Å². The zero-order valence-electron chi connectivity index (χ0n) is 10.6. The fourth-order valence-corrected chi connectivity index (χ4v) is 1.68. The van der Waals surface area contributed by atoms with Gasteiger partial charge >= 0.3 is 0 Å². The summed E-state index contributed by atoms with van der Waals surface area (Å²) in [6, 6.07) is 8.37. The van der Waals surface area contributed by atoms with Crippen molar-refractivity contribution >= 4 is 11.6 Å². The average Bonchev–Trinajstić information content (AvgIpc) is 2.34. The number of anilines is 1. The largest absolute Gasteiger partial charge is 0.370 e. The first-order valence-electron chi connectivity index (χ1n) is 5.89. The summed E-state index contributed by atoms with van der Waals surface area (Å²) < 4.78 is 0. The number of carbonyl (C=O) groups excluding carboxylic acids is 1. The number of benzene rings is 1. The molecular weight excluding hydrogens is 212 g/mol. The van der Waals surface area contributed by atoms with E-state index < -0.39 is 0 Å². The lowest BCUT2D eigenvalue weighted by Gasteiger charge is -2.23. The van der Waals surface area contributed by atoms with E-state index in [4.69, 9.17) is 0 Å². The quantitative estimate of drug-likeness (QED) is 0.762. The van der Waals surface area contributed by atoms with Crippen LogP contribution in [0.2, 0.25) is 0 Å². The number of rotatable bonds is 6. The van der Waals surface area contributed by atoms with E-state index in [1.54, 1.807) is 0 Å². The van der Waals surface area contributed by atoms with Crippen molar-refractivity contribution in [3.8, 4) is 0 Å². The highest BCUT2D eigenvalue weighted by atomic mass is 16.1. The molecule has 3 heteroatoms. The zero-order valence-corrected chi connectivity index (χ0v) is 10.6. The van der Waals surface area contributed by atoms with Gasteiger partial charge in [0, 0.05) is 25.3 Å². The maximum atomic E-state index is 11.0. The summed E-state index contributed by atoms with van der Waals surface area (Å²) in [6.45, 7) is 9.97. The molecule has 0 aromatic heterocycles. The second-order valence-corrected chi connectivity index (χ2v) is 3.91. The van der Waals surface area contributed by atoms with Crippen LogP contribution in [0.3, 0.4) is 0 Å². The van der Waals surface area contributed by atoms with Gasteiger partial charge in [0.15, 0.2) is 0 Å². The molecule has 92 valence electrons. The molecule has 0 unspecified atom stereocenters. The lowest BCUT2D eigenvalue weighted by molar-refractivity contribution is -0.116. The van der Waals surface area contributed by atoms with Crippen LogP contribution in [0, 0.1) is 6.92 Å². The Balaban J connectivity index is 2.54. The topological polar surface area (TPSA) is 32.3 Å². The van der Waals surface area contributed by atoms with Gasteiger partial charge in [-0.1, -0.05) is 18.7 Å². The summed E-state index contributed by atoms with van der Waals surface area (Å²) in [7, 11) is 0. The maximum Gasteiger partial charge on any atom is 0.243 e. The molecule has 1 aromatic carbocycles. The van der Waals surface area contributed by atoms with Gasteiger partial charge in [0.1, 0.15) is 0 Å². The van der Waals surface area contributed by atoms with Crippen molar-refractivity contribution in [1.82, 2.24) is 5.32 Å². The average molecular weight is 232 g/mol. The predicted octanol–water partition coefficient (Wildman–Crippen LogP) is 2.12. The predicted molar refractivity (Wildman–Crippen MR) is 72.3 cm³/mol. The van der Waals surface area contributed by atoms with Crippen molar-refractivity contribution in [3.63, 3.8) is 0 Å². The highest BCUT2D eigenvalue weighted by Crippen LogP contribution is 2.14. The molecule has 1 aromatic rings. The molecule has 1 N–H and O–H groups in total. The third kappa shape index (κ3) is 4.31. The van der Waals surface area contributed by atoms with Crippen LogP contribution < -0.4 is 10.2 Å². The highest BCUT2D eigenvalue weighted by Gasteiger charge is 2.04. The number of hydrogen-bond acceptors (Lipinski definition) is 2. The number of nitrogens with one attached hydrogen (secondary N) is 1. The second-order valence-electron chi connectivity index (χ2n) is 3.91. The molecule has 0 bridgehead atoms. The van der Waals surface area contributed by atoms with Crippen LogP contribution in [0.4, 0.5) is 5.69 Å². The molecule has 0 aliphatic carbocycles. The number of amides is 1. The van der Waals surface area contributed by atoms with Crippen molar-refractivity contribution in [2.24, 2.45) is 0 Å². The van der Waals surface area contributed by atoms with E-state index in [2.05, 4.69) is 54.9 Å². The van der Waals surface area contributed by atoms with Crippen LogP contribution in [0.1, 0.15) is 12.5 Å². The van der Waals surface area contributed by atoms with E-state index in [9.17, 15) is 4.79 Å². The molecule has 1 amide bonds. The first-order chi connectivity index (χ1) is 8.17. The fraction of sp³-hybridized carbons (Fsp3) is 0.357. The number of carbonyl (C=O) groups is 1. The monoisotopic (exact) mass is 232 g/mol. The molecule has 0 atom stereocenters. The first kappa shape index (κ1) is 13.3. The molecule has 0 radical (unpaired) electrons. The van der Waals surface area contributed by atoms with Gasteiger partial charge in [-0.25, -0.2) is 0 Å². The Bertz CT molecular complexity index is 388. The van der Waals surface area contributed by atoms with Gasteiger partial charge in [-0.15, -0.1) is 0 Å². The van der Waals surface area contributed by atoms with Crippen molar-refractivity contribution < 1.29 is 4.79 Å². The molecule has 0 aliphatic heterocycles. The van der Waals surface area contributed by atoms with E-state index in [1.165, 1.54) is 17.3 Å². The van der Waals surface area contributed by atoms with Crippen LogP contribution >= 0.6 is 0 Å². The Hall–Kier alpha value is -1.77. The van der Waals surface area contributed by atoms with Gasteiger partial charge in [-0.2, -0.15) is 0 Å². The van der Waals surface area contributed by atoms with E-state index >= 15 is 0 Å². The summed E-state index contributed by atoms with van der Waals surface area (Å²) in [5.74, 6) is -0.120. The van der Waals surface area contributed by atoms with Gasteiger partial charge in [-0.05, 0) is 37.6 Å². The molecule has 0 saturated carbocycles. The van der Waals surface area contributed by atoms with Crippen molar-refractivity contribution in [1.29, 1.82) is 0 Å². The SMILES string of the molecule is C=CC(=O)NCCN(CC)c1cccc(C)c1. The smallest absolute Gasteiger partial charge is 0.243 e. The van der Waals surface area contributed by atoms with E-state index in [1.807, 2.05) is 0 Å². The molecule has 1 rings (SSSR count). The number of aryl methyl sites for hydroxylation is 1. The van der Waals surface area contributed by atoms with Crippen molar-refractivity contribution in [2.75, 3.05) is 24.5 Å². The molecule has 0 saturated heterocycles. The number of hydrogen-bond donors (Lipinski definition) is 1. The van der Waals surface area contributed by atoms with Gasteiger partial charge < -0.3 is 10.2 Å². The van der Waals surface area contributed by atoms with Crippen LogP contribution in [0.15, 0.2) is 36.9 Å². The standard InChI is InChI=1S/C14H20N2O/c1-4-14(17)15-9-10-16(5-2)13-8-6-7-12(3)11-13/h4,6-8,11H,1,5,9-10H2,2-3H3,(H,15,17). The number of likely N-dealkylation sites (N-methyl/N-ethyl adjacent to an activating group) is 1. The molecule has 3 nitrogen and oxygen atoms in total. The summed E-state index contributed by atoms with van der Waals surface area (Å²) in [6.07, 6.45) is 1.29. The Labute approximate surface area is 103 Å². The third-order valence-electron chi connectivity index (χ3n) is 2.61. The van der Waals surface area contributed by atoms with E-state index in [0.717, 1.165) is 13.1 Å². The van der Waals surface area contributed by atoms with Gasteiger partial charge in [0.2, 0.25) is 5.91 Å². The lowest BCUT2D eigenvalue weighted by atomic mass is 10.2. The summed E-state index contributed by atoms with van der Waals surface area (Å²) >= 11 is 0. The molecule has 0 spiro atoms. The minimum absolute atomic E-state index is 0.120. The normalized spacial score (nSPS) is 9.76. The van der Waals surface area contributed by atoms with E-state index in [0.29, 0.717) is 6.54 Å². The Kier molecular flexibility index (Phi) is 5.27. The first-order valence-corrected chi connectivity index (χ1v) is 5.89. The number of nitrogens with zero attached hydrogens (tertiary/aromatic N) is 1. The van der Waals surface area contributed by atoms with Gasteiger partial charge in [-0.3, -0.25) is 4.79 Å². The molecule has 0 fully saturated rings. The zero-order chi connectivity index (χ0) is 12.7. The summed E-state index contributed by atoms with van der Waals surface area (Å²) in [5, 5.41) is 2.78. The van der Waals surface area contributed by atoms with Crippen molar-refractivity contribution in [2.45, 2.75) is 13.8 Å². The molecule has 0 heterocycles. The maximum absolute atomic E-state index is 11.0. The molecular formula is C14H20N2O. The third-order valence-corrected chi connectivity index (χ3v) is 2.61.